The summed E-state index contributed by atoms with van der Waals surface area (Å²) in [6.45, 7) is 4.67. The van der Waals surface area contributed by atoms with Gasteiger partial charge in [-0.3, -0.25) is 0 Å². The summed E-state index contributed by atoms with van der Waals surface area (Å²) in [6, 6.07) is 2.02. The smallest absolute Gasteiger partial charge is 0.134 e. The SMILES string of the molecule is CN(C)CCNc1cc(N2CCC(CN)C2)ncn1. The Hall–Kier alpha value is -1.40. The van der Waals surface area contributed by atoms with E-state index >= 15 is 0 Å². The van der Waals surface area contributed by atoms with E-state index in [2.05, 4.69) is 39.2 Å². The Bertz CT molecular complexity index is 394. The Morgan fingerprint density at radius 2 is 2.32 bits per heavy atom. The first-order valence-electron chi connectivity index (χ1n) is 6.84. The second-order valence-corrected chi connectivity index (χ2v) is 5.33. The lowest BCUT2D eigenvalue weighted by molar-refractivity contribution is 0.425. The van der Waals surface area contributed by atoms with E-state index in [-0.39, 0.29) is 0 Å². The number of aromatic nitrogens is 2. The van der Waals surface area contributed by atoms with Crippen LogP contribution in [0, 0.1) is 5.92 Å². The summed E-state index contributed by atoms with van der Waals surface area (Å²) >= 11 is 0. The first kappa shape index (κ1) is 14.0. The van der Waals surface area contributed by atoms with E-state index in [1.807, 2.05) is 6.07 Å². The molecule has 0 spiro atoms. The number of nitrogens with zero attached hydrogens (tertiary/aromatic N) is 4. The van der Waals surface area contributed by atoms with Crippen molar-refractivity contribution in [3.05, 3.63) is 12.4 Å². The molecule has 2 rings (SSSR count). The zero-order chi connectivity index (χ0) is 13.7. The third-order valence-electron chi connectivity index (χ3n) is 3.46. The highest BCUT2D eigenvalue weighted by Gasteiger charge is 2.22. The lowest BCUT2D eigenvalue weighted by atomic mass is 10.1. The molecular formula is C13H24N6. The van der Waals surface area contributed by atoms with Crippen LogP contribution in [0.15, 0.2) is 12.4 Å². The second kappa shape index (κ2) is 6.68. The number of nitrogens with one attached hydrogen (secondary N) is 1. The van der Waals surface area contributed by atoms with E-state index in [0.717, 1.165) is 50.8 Å². The lowest BCUT2D eigenvalue weighted by Gasteiger charge is -2.18. The van der Waals surface area contributed by atoms with Crippen molar-refractivity contribution in [3.63, 3.8) is 0 Å². The topological polar surface area (TPSA) is 70.3 Å². The minimum atomic E-state index is 0.597. The van der Waals surface area contributed by atoms with Gasteiger partial charge in [0.25, 0.3) is 0 Å². The maximum absolute atomic E-state index is 5.72. The molecule has 0 bridgehead atoms. The van der Waals surface area contributed by atoms with Crippen LogP contribution >= 0.6 is 0 Å². The molecule has 1 aromatic rings. The van der Waals surface area contributed by atoms with Gasteiger partial charge in [-0.15, -0.1) is 0 Å². The van der Waals surface area contributed by atoms with Gasteiger partial charge in [-0.1, -0.05) is 0 Å². The molecule has 0 aliphatic carbocycles. The van der Waals surface area contributed by atoms with Crippen molar-refractivity contribution in [2.45, 2.75) is 6.42 Å². The van der Waals surface area contributed by atoms with Crippen molar-refractivity contribution < 1.29 is 0 Å². The van der Waals surface area contributed by atoms with Crippen molar-refractivity contribution >= 4 is 11.6 Å². The van der Waals surface area contributed by atoms with Gasteiger partial charge in [0.1, 0.15) is 18.0 Å². The Morgan fingerprint density at radius 3 is 3.00 bits per heavy atom. The normalized spacial score (nSPS) is 19.2. The predicted octanol–water partition coefficient (Wildman–Crippen LogP) is 0.235. The van der Waals surface area contributed by atoms with Gasteiger partial charge in [-0.25, -0.2) is 9.97 Å². The molecule has 19 heavy (non-hydrogen) atoms. The highest BCUT2D eigenvalue weighted by Crippen LogP contribution is 2.22. The fourth-order valence-electron chi connectivity index (χ4n) is 2.26. The molecule has 3 N–H and O–H groups in total. The maximum Gasteiger partial charge on any atom is 0.134 e. The summed E-state index contributed by atoms with van der Waals surface area (Å²) in [5.41, 5.74) is 5.72. The molecule has 2 heterocycles. The third kappa shape index (κ3) is 4.04. The van der Waals surface area contributed by atoms with E-state index in [1.165, 1.54) is 0 Å². The van der Waals surface area contributed by atoms with E-state index < -0.39 is 0 Å². The van der Waals surface area contributed by atoms with Crippen LogP contribution in [0.1, 0.15) is 6.42 Å². The summed E-state index contributed by atoms with van der Waals surface area (Å²) in [4.78, 5) is 13.0. The van der Waals surface area contributed by atoms with Crippen molar-refractivity contribution in [1.82, 2.24) is 14.9 Å². The zero-order valence-corrected chi connectivity index (χ0v) is 11.8. The summed E-state index contributed by atoms with van der Waals surface area (Å²) in [5, 5.41) is 3.32. The minimum Gasteiger partial charge on any atom is -0.369 e. The van der Waals surface area contributed by atoms with Gasteiger partial charge in [0.15, 0.2) is 0 Å². The van der Waals surface area contributed by atoms with Crippen LogP contribution in [0.5, 0.6) is 0 Å². The van der Waals surface area contributed by atoms with Gasteiger partial charge in [-0.2, -0.15) is 0 Å². The van der Waals surface area contributed by atoms with Gasteiger partial charge < -0.3 is 20.9 Å². The van der Waals surface area contributed by atoms with E-state index in [1.54, 1.807) is 6.33 Å². The van der Waals surface area contributed by atoms with Gasteiger partial charge in [0, 0.05) is 32.2 Å². The van der Waals surface area contributed by atoms with Crippen LogP contribution in [0.4, 0.5) is 11.6 Å². The first-order valence-corrected chi connectivity index (χ1v) is 6.84. The van der Waals surface area contributed by atoms with Crippen LogP contribution < -0.4 is 16.0 Å². The molecule has 1 fully saturated rings. The maximum atomic E-state index is 5.72. The predicted molar refractivity (Wildman–Crippen MR) is 78.5 cm³/mol. The number of nitrogens with two attached hydrogens (primary N) is 1. The number of rotatable bonds is 6. The molecule has 106 valence electrons. The molecule has 1 aliphatic rings. The minimum absolute atomic E-state index is 0.597. The highest BCUT2D eigenvalue weighted by molar-refractivity contribution is 5.49. The molecule has 6 heteroatoms. The van der Waals surface area contributed by atoms with Crippen LogP contribution in [-0.2, 0) is 0 Å². The average molecular weight is 264 g/mol. The molecule has 1 unspecified atom stereocenters. The number of hydrogen-bond donors (Lipinski definition) is 2. The molecule has 0 radical (unpaired) electrons. The monoisotopic (exact) mass is 264 g/mol. The number of hydrogen-bond acceptors (Lipinski definition) is 6. The quantitative estimate of drug-likeness (QED) is 0.767. The Kier molecular flexibility index (Phi) is 4.93. The van der Waals surface area contributed by atoms with Gasteiger partial charge >= 0.3 is 0 Å². The average Bonchev–Trinajstić information content (AvgIpc) is 2.87. The Balaban J connectivity index is 1.92. The third-order valence-corrected chi connectivity index (χ3v) is 3.46. The molecule has 1 saturated heterocycles. The summed E-state index contributed by atoms with van der Waals surface area (Å²) in [7, 11) is 4.12. The van der Waals surface area contributed by atoms with E-state index in [9.17, 15) is 0 Å². The number of anilines is 2. The highest BCUT2D eigenvalue weighted by atomic mass is 15.2. The molecule has 1 atom stereocenters. The van der Waals surface area contributed by atoms with E-state index in [0.29, 0.717) is 5.92 Å². The van der Waals surface area contributed by atoms with Gasteiger partial charge in [-0.05, 0) is 33.0 Å². The Labute approximate surface area is 115 Å². The zero-order valence-electron chi connectivity index (χ0n) is 11.8. The largest absolute Gasteiger partial charge is 0.369 e. The molecule has 1 aliphatic heterocycles. The molecule has 0 saturated carbocycles. The van der Waals surface area contributed by atoms with Crippen molar-refractivity contribution in [2.24, 2.45) is 11.7 Å². The van der Waals surface area contributed by atoms with Crippen LogP contribution in [-0.4, -0.2) is 61.7 Å². The molecule has 0 amide bonds. The van der Waals surface area contributed by atoms with Crippen molar-refractivity contribution in [2.75, 3.05) is 57.0 Å². The van der Waals surface area contributed by atoms with E-state index in [4.69, 9.17) is 5.73 Å². The van der Waals surface area contributed by atoms with Crippen LogP contribution in [0.2, 0.25) is 0 Å². The standard InChI is InChI=1S/C13H24N6/c1-18(2)6-4-15-12-7-13(17-10-16-12)19-5-3-11(8-14)9-19/h7,10-11H,3-6,8-9,14H2,1-2H3,(H,15,16,17). The first-order chi connectivity index (χ1) is 9.19. The molecule has 6 nitrogen and oxygen atoms in total. The van der Waals surface area contributed by atoms with Gasteiger partial charge in [0.2, 0.25) is 0 Å². The van der Waals surface area contributed by atoms with Crippen LogP contribution in [0.3, 0.4) is 0 Å². The fourth-order valence-corrected chi connectivity index (χ4v) is 2.26. The lowest BCUT2D eigenvalue weighted by Crippen LogP contribution is -2.24. The van der Waals surface area contributed by atoms with Crippen LogP contribution in [0.25, 0.3) is 0 Å². The van der Waals surface area contributed by atoms with Crippen molar-refractivity contribution in [1.29, 1.82) is 0 Å². The van der Waals surface area contributed by atoms with Crippen molar-refractivity contribution in [3.8, 4) is 0 Å². The fraction of sp³-hybridized carbons (Fsp3) is 0.692. The molecule has 0 aromatic carbocycles. The summed E-state index contributed by atoms with van der Waals surface area (Å²) < 4.78 is 0. The summed E-state index contributed by atoms with van der Waals surface area (Å²) in [5.74, 6) is 2.49. The Morgan fingerprint density at radius 1 is 1.47 bits per heavy atom. The second-order valence-electron chi connectivity index (χ2n) is 5.33. The molecular weight excluding hydrogens is 240 g/mol. The number of likely N-dealkylation sites (N-methyl/N-ethyl adjacent to an activating group) is 1. The molecule has 1 aromatic heterocycles. The summed E-state index contributed by atoms with van der Waals surface area (Å²) in [6.07, 6.45) is 2.78. The van der Waals surface area contributed by atoms with Gasteiger partial charge in [0.05, 0.1) is 0 Å².